The lowest BCUT2D eigenvalue weighted by Crippen LogP contribution is -2.56. The SMILES string of the molecule is CN[C@@H](C)C(=O)N[C@@H](CC(=O)O)C(=O)N1CCC[C@H]1CN(CCc1ccccc1)C(=O)C(F)(F)F. The molecule has 0 unspecified atom stereocenters. The summed E-state index contributed by atoms with van der Waals surface area (Å²) < 4.78 is 39.9. The Hall–Kier alpha value is -3.15. The van der Waals surface area contributed by atoms with Crippen molar-refractivity contribution >= 4 is 23.7 Å². The van der Waals surface area contributed by atoms with Crippen LogP contribution < -0.4 is 10.6 Å². The summed E-state index contributed by atoms with van der Waals surface area (Å²) in [6.45, 7) is 1.17. The van der Waals surface area contributed by atoms with Crippen LogP contribution in [0.15, 0.2) is 30.3 Å². The number of halogens is 3. The molecular weight excluding hydrogens is 469 g/mol. The summed E-state index contributed by atoms with van der Waals surface area (Å²) in [4.78, 5) is 50.8. The highest BCUT2D eigenvalue weighted by Crippen LogP contribution is 2.24. The summed E-state index contributed by atoms with van der Waals surface area (Å²) in [5.41, 5.74) is 0.759. The second-order valence-electron chi connectivity index (χ2n) is 8.48. The highest BCUT2D eigenvalue weighted by atomic mass is 19.4. The lowest BCUT2D eigenvalue weighted by molar-refractivity contribution is -0.186. The molecule has 3 N–H and O–H groups in total. The van der Waals surface area contributed by atoms with Gasteiger partial charge >= 0.3 is 18.1 Å². The second-order valence-corrected chi connectivity index (χ2v) is 8.48. The van der Waals surface area contributed by atoms with Crippen molar-refractivity contribution in [1.82, 2.24) is 20.4 Å². The van der Waals surface area contributed by atoms with Gasteiger partial charge in [0.15, 0.2) is 0 Å². The van der Waals surface area contributed by atoms with Crippen LogP contribution in [0, 0.1) is 0 Å². The standard InChI is InChI=1S/C23H31F3N4O5/c1-15(27-2)20(33)28-18(13-19(31)32)21(34)30-11-6-9-17(30)14-29(22(35)23(24,25)26)12-10-16-7-4-3-5-8-16/h3-5,7-8,15,17-18,27H,6,9-14H2,1-2H3,(H,28,33)(H,31,32)/t15-,17-,18-/m0/s1. The Morgan fingerprint density at radius 1 is 1.20 bits per heavy atom. The Balaban J connectivity index is 2.18. The highest BCUT2D eigenvalue weighted by molar-refractivity contribution is 5.92. The van der Waals surface area contributed by atoms with Gasteiger partial charge in [-0.15, -0.1) is 0 Å². The zero-order valence-electron chi connectivity index (χ0n) is 19.7. The van der Waals surface area contributed by atoms with Gasteiger partial charge in [-0.1, -0.05) is 30.3 Å². The van der Waals surface area contributed by atoms with Gasteiger partial charge in [-0.3, -0.25) is 19.2 Å². The van der Waals surface area contributed by atoms with Gasteiger partial charge in [0.05, 0.1) is 12.5 Å². The molecule has 0 spiro atoms. The fourth-order valence-corrected chi connectivity index (χ4v) is 3.94. The van der Waals surface area contributed by atoms with Gasteiger partial charge in [0.25, 0.3) is 0 Å². The average molecular weight is 501 g/mol. The number of rotatable bonds is 11. The van der Waals surface area contributed by atoms with Crippen molar-refractivity contribution in [3.05, 3.63) is 35.9 Å². The van der Waals surface area contributed by atoms with E-state index in [0.717, 1.165) is 5.56 Å². The molecule has 12 heteroatoms. The van der Waals surface area contributed by atoms with Crippen molar-refractivity contribution in [2.24, 2.45) is 0 Å². The maximum Gasteiger partial charge on any atom is 0.471 e. The van der Waals surface area contributed by atoms with E-state index in [1.165, 1.54) is 18.9 Å². The summed E-state index contributed by atoms with van der Waals surface area (Å²) in [6.07, 6.45) is -4.73. The molecule has 1 heterocycles. The van der Waals surface area contributed by atoms with Gasteiger partial charge < -0.3 is 25.5 Å². The number of benzene rings is 1. The molecule has 1 aromatic rings. The van der Waals surface area contributed by atoms with Crippen LogP contribution in [0.1, 0.15) is 31.7 Å². The first kappa shape index (κ1) is 28.1. The quantitative estimate of drug-likeness (QED) is 0.420. The molecule has 1 saturated heterocycles. The minimum atomic E-state index is -5.08. The Labute approximate surface area is 201 Å². The van der Waals surface area contributed by atoms with E-state index in [9.17, 15) is 37.5 Å². The summed E-state index contributed by atoms with van der Waals surface area (Å²) in [5.74, 6) is -4.59. The smallest absolute Gasteiger partial charge is 0.471 e. The fourth-order valence-electron chi connectivity index (χ4n) is 3.94. The topological polar surface area (TPSA) is 119 Å². The number of likely N-dealkylation sites (tertiary alicyclic amines) is 1. The van der Waals surface area contributed by atoms with Crippen LogP contribution in [0.4, 0.5) is 13.2 Å². The minimum absolute atomic E-state index is 0.184. The van der Waals surface area contributed by atoms with Crippen LogP contribution in [-0.2, 0) is 25.6 Å². The molecule has 35 heavy (non-hydrogen) atoms. The Bertz CT molecular complexity index is 897. The van der Waals surface area contributed by atoms with Crippen molar-refractivity contribution in [1.29, 1.82) is 0 Å². The first-order valence-electron chi connectivity index (χ1n) is 11.3. The Kier molecular flexibility index (Phi) is 10.1. The van der Waals surface area contributed by atoms with Gasteiger partial charge in [-0.25, -0.2) is 0 Å². The number of aliphatic carboxylic acids is 1. The molecule has 194 valence electrons. The number of alkyl halides is 3. The van der Waals surface area contributed by atoms with Crippen molar-refractivity contribution < 1.29 is 37.5 Å². The van der Waals surface area contributed by atoms with Crippen LogP contribution >= 0.6 is 0 Å². The zero-order chi connectivity index (χ0) is 26.2. The summed E-state index contributed by atoms with van der Waals surface area (Å²) in [6, 6.07) is 5.94. The van der Waals surface area contributed by atoms with Gasteiger partial charge in [0.1, 0.15) is 6.04 Å². The molecule has 1 aliphatic rings. The zero-order valence-corrected chi connectivity index (χ0v) is 19.7. The van der Waals surface area contributed by atoms with Crippen LogP contribution in [0.2, 0.25) is 0 Å². The third kappa shape index (κ3) is 8.23. The van der Waals surface area contributed by atoms with E-state index in [1.807, 2.05) is 0 Å². The Morgan fingerprint density at radius 2 is 1.86 bits per heavy atom. The second kappa shape index (κ2) is 12.5. The first-order valence-corrected chi connectivity index (χ1v) is 11.3. The van der Waals surface area contributed by atoms with E-state index in [1.54, 1.807) is 30.3 Å². The number of amides is 3. The van der Waals surface area contributed by atoms with Gasteiger partial charge in [0.2, 0.25) is 11.8 Å². The Morgan fingerprint density at radius 3 is 2.43 bits per heavy atom. The van der Waals surface area contributed by atoms with E-state index in [4.69, 9.17) is 0 Å². The van der Waals surface area contributed by atoms with Crippen LogP contribution in [0.5, 0.6) is 0 Å². The molecule has 9 nitrogen and oxygen atoms in total. The van der Waals surface area contributed by atoms with Crippen molar-refractivity contribution in [3.63, 3.8) is 0 Å². The lowest BCUT2D eigenvalue weighted by Gasteiger charge is -2.33. The predicted octanol–water partition coefficient (Wildman–Crippen LogP) is 1.18. The molecule has 1 fully saturated rings. The largest absolute Gasteiger partial charge is 0.481 e. The van der Waals surface area contributed by atoms with Crippen LogP contribution in [0.3, 0.4) is 0 Å². The third-order valence-corrected chi connectivity index (χ3v) is 5.95. The van der Waals surface area contributed by atoms with E-state index in [2.05, 4.69) is 10.6 Å². The molecule has 2 rings (SSSR count). The molecule has 0 aliphatic carbocycles. The van der Waals surface area contributed by atoms with E-state index < -0.39 is 54.4 Å². The molecule has 3 amide bonds. The van der Waals surface area contributed by atoms with Gasteiger partial charge in [-0.2, -0.15) is 13.2 Å². The predicted molar refractivity (Wildman–Crippen MR) is 120 cm³/mol. The van der Waals surface area contributed by atoms with Gasteiger partial charge in [0, 0.05) is 25.7 Å². The van der Waals surface area contributed by atoms with Gasteiger partial charge in [-0.05, 0) is 38.8 Å². The minimum Gasteiger partial charge on any atom is -0.481 e. The first-order chi connectivity index (χ1) is 16.4. The van der Waals surface area contributed by atoms with Crippen LogP contribution in [0.25, 0.3) is 0 Å². The summed E-state index contributed by atoms with van der Waals surface area (Å²) in [5, 5.41) is 14.3. The summed E-state index contributed by atoms with van der Waals surface area (Å²) >= 11 is 0. The molecule has 1 aromatic carbocycles. The number of nitrogens with one attached hydrogen (secondary N) is 2. The number of hydrogen-bond acceptors (Lipinski definition) is 5. The summed E-state index contributed by atoms with van der Waals surface area (Å²) in [7, 11) is 1.52. The van der Waals surface area contributed by atoms with Crippen LogP contribution in [-0.4, -0.2) is 89.6 Å². The molecule has 0 aromatic heterocycles. The number of carboxylic acid groups (broad SMARTS) is 1. The number of carbonyl (C=O) groups is 4. The molecule has 0 saturated carbocycles. The number of hydrogen-bond donors (Lipinski definition) is 3. The fraction of sp³-hybridized carbons (Fsp3) is 0.565. The number of carboxylic acids is 1. The number of likely N-dealkylation sites (N-methyl/N-ethyl adjacent to an activating group) is 1. The maximum atomic E-state index is 13.3. The van der Waals surface area contributed by atoms with E-state index in [-0.39, 0.29) is 26.1 Å². The number of nitrogens with zero attached hydrogens (tertiary/aromatic N) is 2. The number of carbonyl (C=O) groups excluding carboxylic acids is 3. The van der Waals surface area contributed by atoms with E-state index in [0.29, 0.717) is 17.7 Å². The van der Waals surface area contributed by atoms with Crippen molar-refractivity contribution in [2.45, 2.75) is 56.9 Å². The molecule has 1 aliphatic heterocycles. The monoisotopic (exact) mass is 500 g/mol. The van der Waals surface area contributed by atoms with Crippen molar-refractivity contribution in [2.75, 3.05) is 26.7 Å². The van der Waals surface area contributed by atoms with E-state index >= 15 is 0 Å². The molecular formula is C23H31F3N4O5. The third-order valence-electron chi connectivity index (χ3n) is 5.95. The molecule has 0 bridgehead atoms. The molecule has 0 radical (unpaired) electrons. The molecule has 3 atom stereocenters. The maximum absolute atomic E-state index is 13.3. The average Bonchev–Trinajstić information content (AvgIpc) is 3.27. The normalized spacial score (nSPS) is 17.5. The lowest BCUT2D eigenvalue weighted by atomic mass is 10.1. The van der Waals surface area contributed by atoms with Crippen molar-refractivity contribution in [3.8, 4) is 0 Å². The highest BCUT2D eigenvalue weighted by Gasteiger charge is 2.44.